The van der Waals surface area contributed by atoms with Gasteiger partial charge in [0.05, 0.1) is 0 Å². The molecule has 14 heavy (non-hydrogen) atoms. The zero-order valence-electron chi connectivity index (χ0n) is 8.54. The molecule has 0 aliphatic carbocycles. The average molecular weight is 194 g/mol. The van der Waals surface area contributed by atoms with E-state index < -0.39 is 0 Å². The molecule has 0 aromatic heterocycles. The third-order valence-electron chi connectivity index (χ3n) is 2.47. The van der Waals surface area contributed by atoms with Crippen LogP contribution < -0.4 is 14.8 Å². The van der Waals surface area contributed by atoms with Crippen molar-refractivity contribution >= 4 is 0 Å². The second-order valence-corrected chi connectivity index (χ2v) is 3.58. The molecule has 3 heteroatoms. The van der Waals surface area contributed by atoms with Crippen LogP contribution in [0.15, 0.2) is 18.2 Å². The first kappa shape index (κ1) is 9.34. The van der Waals surface area contributed by atoms with E-state index in [2.05, 4.69) is 24.4 Å². The lowest BCUT2D eigenvalue weighted by Crippen LogP contribution is -2.23. The summed E-state index contributed by atoms with van der Waals surface area (Å²) in [5.74, 6) is 1.72. The molecule has 1 N–H and O–H groups in total. The van der Waals surface area contributed by atoms with Gasteiger partial charge in [-0.25, -0.2) is 0 Å². The molecule has 1 aromatic rings. The quantitative estimate of drug-likeness (QED) is 0.792. The Hall–Kier alpha value is -1.22. The Bertz CT molecular complexity index is 325. The predicted molar refractivity (Wildman–Crippen MR) is 54.8 cm³/mol. The average Bonchev–Trinajstić information content (AvgIpc) is 2.64. The summed E-state index contributed by atoms with van der Waals surface area (Å²) in [6.45, 7) is 2.50. The van der Waals surface area contributed by atoms with Gasteiger partial charge in [-0.1, -0.05) is 6.07 Å². The summed E-state index contributed by atoms with van der Waals surface area (Å²) >= 11 is 0. The first-order chi connectivity index (χ1) is 6.79. The van der Waals surface area contributed by atoms with E-state index in [0.29, 0.717) is 12.8 Å². The fraction of sp³-hybridized carbons (Fsp3) is 0.455. The van der Waals surface area contributed by atoms with Gasteiger partial charge in [-0.3, -0.25) is 0 Å². The smallest absolute Gasteiger partial charge is 0.231 e. The Balaban J connectivity index is 2.12. The van der Waals surface area contributed by atoms with Crippen LogP contribution in [0.2, 0.25) is 0 Å². The molecule has 2 rings (SSSR count). The van der Waals surface area contributed by atoms with Crippen LogP contribution >= 0.6 is 0 Å². The van der Waals surface area contributed by atoms with E-state index in [1.165, 1.54) is 5.56 Å². The summed E-state index contributed by atoms with van der Waals surface area (Å²) in [7, 11) is 1.97. The Morgan fingerprint density at radius 2 is 2.14 bits per heavy atom. The molecule has 76 valence electrons. The van der Waals surface area contributed by atoms with Crippen molar-refractivity contribution < 1.29 is 9.47 Å². The van der Waals surface area contributed by atoms with Crippen LogP contribution in [0.25, 0.3) is 0 Å². The third kappa shape index (κ3) is 1.82. The van der Waals surface area contributed by atoms with E-state index in [1.807, 2.05) is 13.1 Å². The predicted octanol–water partition coefficient (Wildman–Crippen LogP) is 1.57. The van der Waals surface area contributed by atoms with Crippen LogP contribution in [0.3, 0.4) is 0 Å². The Morgan fingerprint density at radius 1 is 1.36 bits per heavy atom. The minimum absolute atomic E-state index is 0.348. The van der Waals surface area contributed by atoms with Gasteiger partial charge < -0.3 is 14.8 Å². The molecule has 1 aliphatic rings. The van der Waals surface area contributed by atoms with Crippen molar-refractivity contribution in [1.29, 1.82) is 0 Å². The van der Waals surface area contributed by atoms with Gasteiger partial charge >= 0.3 is 0 Å². The number of fused-ring (bicyclic) bond motifs is 1. The van der Waals surface area contributed by atoms with E-state index in [0.717, 1.165) is 17.9 Å². The Labute approximate surface area is 84.0 Å². The molecule has 0 bridgehead atoms. The van der Waals surface area contributed by atoms with Gasteiger partial charge in [0.1, 0.15) is 0 Å². The molecule has 3 nitrogen and oxygen atoms in total. The van der Waals surface area contributed by atoms with E-state index >= 15 is 0 Å². The highest BCUT2D eigenvalue weighted by Crippen LogP contribution is 2.32. The van der Waals surface area contributed by atoms with Crippen LogP contribution in [0.4, 0.5) is 0 Å². The lowest BCUT2D eigenvalue weighted by molar-refractivity contribution is 0.174. The largest absolute Gasteiger partial charge is 0.454 e. The summed E-state index contributed by atoms with van der Waals surface area (Å²) in [6, 6.07) is 6.59. The molecular weight excluding hydrogens is 179 g/mol. The first-order valence-corrected chi connectivity index (χ1v) is 4.85. The maximum atomic E-state index is 5.31. The molecule has 1 aromatic carbocycles. The minimum Gasteiger partial charge on any atom is -0.454 e. The van der Waals surface area contributed by atoms with Crippen molar-refractivity contribution in [3.05, 3.63) is 23.8 Å². The van der Waals surface area contributed by atoms with Crippen molar-refractivity contribution in [2.45, 2.75) is 19.4 Å². The van der Waals surface area contributed by atoms with E-state index in [1.54, 1.807) is 0 Å². The molecule has 1 atom stereocenters. The molecule has 1 aliphatic heterocycles. The summed E-state index contributed by atoms with van der Waals surface area (Å²) in [6.07, 6.45) is 1.01. The van der Waals surface area contributed by atoms with Gasteiger partial charge in [0.2, 0.25) is 6.79 Å². The molecule has 0 saturated heterocycles. The van der Waals surface area contributed by atoms with Gasteiger partial charge in [0.15, 0.2) is 11.5 Å². The summed E-state index contributed by atoms with van der Waals surface area (Å²) in [5, 5.41) is 3.21. The normalized spacial score (nSPS) is 15.6. The number of benzene rings is 1. The maximum absolute atomic E-state index is 5.31. The Kier molecular flexibility index (Phi) is 2.59. The van der Waals surface area contributed by atoms with Crippen LogP contribution in [0.1, 0.15) is 12.5 Å². The summed E-state index contributed by atoms with van der Waals surface area (Å²) in [4.78, 5) is 0. The number of hydrogen-bond donors (Lipinski definition) is 1. The van der Waals surface area contributed by atoms with Crippen molar-refractivity contribution in [2.75, 3.05) is 13.8 Å². The monoisotopic (exact) mass is 194 g/mol. The lowest BCUT2D eigenvalue weighted by Gasteiger charge is -2.09. The molecule has 0 spiro atoms. The number of rotatable bonds is 3. The summed E-state index contributed by atoms with van der Waals surface area (Å²) in [5.41, 5.74) is 1.27. The van der Waals surface area contributed by atoms with Crippen LogP contribution in [0, 0.1) is 0 Å². The highest BCUT2D eigenvalue weighted by molar-refractivity contribution is 5.44. The summed E-state index contributed by atoms with van der Waals surface area (Å²) < 4.78 is 10.6. The van der Waals surface area contributed by atoms with Crippen molar-refractivity contribution in [3.63, 3.8) is 0 Å². The number of nitrogens with one attached hydrogen (secondary N) is 1. The lowest BCUT2D eigenvalue weighted by atomic mass is 10.1. The van der Waals surface area contributed by atoms with Crippen molar-refractivity contribution in [3.8, 4) is 11.5 Å². The molecular formula is C11H15NO2. The van der Waals surface area contributed by atoms with Crippen molar-refractivity contribution in [1.82, 2.24) is 5.32 Å². The molecule has 1 unspecified atom stereocenters. The van der Waals surface area contributed by atoms with E-state index in [9.17, 15) is 0 Å². The molecule has 1 heterocycles. The molecule has 0 fully saturated rings. The minimum atomic E-state index is 0.348. The molecule has 0 amide bonds. The second-order valence-electron chi connectivity index (χ2n) is 3.58. The van der Waals surface area contributed by atoms with Crippen LogP contribution in [-0.2, 0) is 6.42 Å². The fourth-order valence-corrected chi connectivity index (χ4v) is 1.52. The standard InChI is InChI=1S/C11H15NO2/c1-8(12-2)5-9-3-4-10-11(6-9)14-7-13-10/h3-4,6,8,12H,5,7H2,1-2H3/i3+1. The zero-order chi connectivity index (χ0) is 9.97. The second kappa shape index (κ2) is 3.88. The van der Waals surface area contributed by atoms with E-state index in [-0.39, 0.29) is 0 Å². The molecule has 0 radical (unpaired) electrons. The maximum Gasteiger partial charge on any atom is 0.231 e. The van der Waals surface area contributed by atoms with Gasteiger partial charge in [0, 0.05) is 6.04 Å². The van der Waals surface area contributed by atoms with Gasteiger partial charge in [-0.05, 0) is 38.1 Å². The van der Waals surface area contributed by atoms with Crippen LogP contribution in [0.5, 0.6) is 11.5 Å². The number of likely N-dealkylation sites (N-methyl/N-ethyl adjacent to an activating group) is 1. The third-order valence-corrected chi connectivity index (χ3v) is 2.47. The number of ether oxygens (including phenoxy) is 2. The number of hydrogen-bond acceptors (Lipinski definition) is 3. The first-order valence-electron chi connectivity index (χ1n) is 4.85. The topological polar surface area (TPSA) is 30.5 Å². The zero-order valence-corrected chi connectivity index (χ0v) is 8.54. The highest BCUT2D eigenvalue weighted by Gasteiger charge is 2.13. The van der Waals surface area contributed by atoms with Crippen molar-refractivity contribution in [2.24, 2.45) is 0 Å². The van der Waals surface area contributed by atoms with Gasteiger partial charge in [-0.2, -0.15) is 0 Å². The Morgan fingerprint density at radius 3 is 2.93 bits per heavy atom. The van der Waals surface area contributed by atoms with Gasteiger partial charge in [0.25, 0.3) is 0 Å². The fourth-order valence-electron chi connectivity index (χ4n) is 1.52. The van der Waals surface area contributed by atoms with E-state index in [4.69, 9.17) is 9.47 Å². The van der Waals surface area contributed by atoms with Crippen LogP contribution in [-0.4, -0.2) is 19.9 Å². The SMILES string of the molecule is CNC(C)Cc1cc2c(c[13cH]1)OCO2. The highest BCUT2D eigenvalue weighted by atomic mass is 16.7. The molecule has 0 saturated carbocycles. The van der Waals surface area contributed by atoms with Gasteiger partial charge in [-0.15, -0.1) is 0 Å².